The zero-order valence-corrected chi connectivity index (χ0v) is 12.3. The highest BCUT2D eigenvalue weighted by molar-refractivity contribution is 4.86. The van der Waals surface area contributed by atoms with Crippen molar-refractivity contribution in [2.24, 2.45) is 17.6 Å². The Labute approximate surface area is 108 Å². The minimum Gasteiger partial charge on any atom is -0.329 e. The van der Waals surface area contributed by atoms with Crippen LogP contribution in [0.25, 0.3) is 0 Å². The molecule has 1 aliphatic heterocycles. The maximum absolute atomic E-state index is 6.00. The summed E-state index contributed by atoms with van der Waals surface area (Å²) in [6.45, 7) is 11.5. The van der Waals surface area contributed by atoms with Crippen molar-refractivity contribution in [1.29, 1.82) is 0 Å². The van der Waals surface area contributed by atoms with E-state index < -0.39 is 0 Å². The van der Waals surface area contributed by atoms with Gasteiger partial charge in [-0.3, -0.25) is 4.90 Å². The molecule has 0 amide bonds. The zero-order valence-electron chi connectivity index (χ0n) is 12.3. The Morgan fingerprint density at radius 1 is 1.24 bits per heavy atom. The van der Waals surface area contributed by atoms with E-state index in [4.69, 9.17) is 5.73 Å². The summed E-state index contributed by atoms with van der Waals surface area (Å²) < 4.78 is 0. The number of nitrogens with two attached hydrogens (primary N) is 1. The fraction of sp³-hybridized carbons (Fsp3) is 1.00. The van der Waals surface area contributed by atoms with Gasteiger partial charge in [-0.2, -0.15) is 0 Å². The van der Waals surface area contributed by atoms with Gasteiger partial charge in [0.1, 0.15) is 0 Å². The molecule has 0 saturated carbocycles. The van der Waals surface area contributed by atoms with Gasteiger partial charge >= 0.3 is 0 Å². The Bertz CT molecular complexity index is 205. The van der Waals surface area contributed by atoms with Crippen LogP contribution in [0, 0.1) is 11.8 Å². The van der Waals surface area contributed by atoms with Crippen LogP contribution in [0.4, 0.5) is 0 Å². The summed E-state index contributed by atoms with van der Waals surface area (Å²) in [5, 5.41) is 0. The monoisotopic (exact) mass is 240 g/mol. The molecule has 2 nitrogen and oxygen atoms in total. The third-order valence-corrected chi connectivity index (χ3v) is 4.53. The first kappa shape index (κ1) is 15.0. The van der Waals surface area contributed by atoms with Crippen LogP contribution in [-0.4, -0.2) is 30.1 Å². The second-order valence-corrected chi connectivity index (χ2v) is 6.14. The quantitative estimate of drug-likeness (QED) is 0.722. The fourth-order valence-electron chi connectivity index (χ4n) is 3.29. The Hall–Kier alpha value is -0.0800. The lowest BCUT2D eigenvalue weighted by atomic mass is 9.84. The summed E-state index contributed by atoms with van der Waals surface area (Å²) in [5.74, 6) is 1.65. The topological polar surface area (TPSA) is 29.3 Å². The van der Waals surface area contributed by atoms with E-state index in [1.165, 1.54) is 38.6 Å². The van der Waals surface area contributed by atoms with Crippen LogP contribution in [-0.2, 0) is 0 Å². The number of hydrogen-bond donors (Lipinski definition) is 1. The van der Waals surface area contributed by atoms with Gasteiger partial charge in [0.2, 0.25) is 0 Å². The minimum atomic E-state index is 0.613. The van der Waals surface area contributed by atoms with Crippen molar-refractivity contribution in [1.82, 2.24) is 4.90 Å². The molecule has 1 fully saturated rings. The highest BCUT2D eigenvalue weighted by Crippen LogP contribution is 2.29. The summed E-state index contributed by atoms with van der Waals surface area (Å²) in [6.07, 6.45) is 6.66. The molecule has 1 heterocycles. The summed E-state index contributed by atoms with van der Waals surface area (Å²) in [7, 11) is 0. The summed E-state index contributed by atoms with van der Waals surface area (Å²) in [4.78, 5) is 2.69. The Morgan fingerprint density at radius 2 is 1.94 bits per heavy atom. The lowest BCUT2D eigenvalue weighted by Gasteiger charge is -2.45. The molecule has 0 aliphatic carbocycles. The third-order valence-electron chi connectivity index (χ3n) is 4.53. The van der Waals surface area contributed by atoms with Crippen molar-refractivity contribution in [2.45, 2.75) is 71.9 Å². The van der Waals surface area contributed by atoms with Gasteiger partial charge in [-0.15, -0.1) is 0 Å². The predicted molar refractivity (Wildman–Crippen MR) is 76.1 cm³/mol. The van der Waals surface area contributed by atoms with E-state index in [-0.39, 0.29) is 0 Å². The van der Waals surface area contributed by atoms with E-state index >= 15 is 0 Å². The first-order valence-electron chi connectivity index (χ1n) is 7.55. The maximum Gasteiger partial charge on any atom is 0.0221 e. The summed E-state index contributed by atoms with van der Waals surface area (Å²) >= 11 is 0. The normalized spacial score (nSPS) is 32.6. The average Bonchev–Trinajstić information content (AvgIpc) is 2.30. The molecule has 2 N–H and O–H groups in total. The van der Waals surface area contributed by atoms with E-state index in [0.717, 1.165) is 18.4 Å². The van der Waals surface area contributed by atoms with E-state index in [1.807, 2.05) is 0 Å². The van der Waals surface area contributed by atoms with Gasteiger partial charge < -0.3 is 5.73 Å². The molecule has 1 rings (SSSR count). The molecule has 1 aliphatic rings. The van der Waals surface area contributed by atoms with E-state index in [9.17, 15) is 0 Å². The molecule has 0 radical (unpaired) electrons. The number of unbranched alkanes of at least 4 members (excludes halogenated alkanes) is 2. The van der Waals surface area contributed by atoms with E-state index in [1.54, 1.807) is 0 Å². The molecule has 0 bridgehead atoms. The number of rotatable bonds is 6. The Balaban J connectivity index is 2.53. The highest BCUT2D eigenvalue weighted by Gasteiger charge is 2.32. The second kappa shape index (κ2) is 7.38. The van der Waals surface area contributed by atoms with Crippen molar-refractivity contribution < 1.29 is 0 Å². The van der Waals surface area contributed by atoms with Gasteiger partial charge in [-0.25, -0.2) is 0 Å². The van der Waals surface area contributed by atoms with Crippen LogP contribution in [0.2, 0.25) is 0 Å². The van der Waals surface area contributed by atoms with Crippen LogP contribution in [0.1, 0.15) is 59.8 Å². The van der Waals surface area contributed by atoms with Gasteiger partial charge in [0.15, 0.2) is 0 Å². The van der Waals surface area contributed by atoms with Crippen LogP contribution in [0.15, 0.2) is 0 Å². The summed E-state index contributed by atoms with van der Waals surface area (Å²) in [5.41, 5.74) is 6.00. The van der Waals surface area contributed by atoms with Crippen molar-refractivity contribution in [3.8, 4) is 0 Å². The minimum absolute atomic E-state index is 0.613. The molecule has 2 heteroatoms. The molecule has 4 atom stereocenters. The molecule has 0 aromatic carbocycles. The molecular weight excluding hydrogens is 208 g/mol. The molecule has 0 aromatic rings. The van der Waals surface area contributed by atoms with Gasteiger partial charge in [-0.1, -0.05) is 40.0 Å². The Morgan fingerprint density at radius 3 is 2.53 bits per heavy atom. The van der Waals surface area contributed by atoms with Crippen molar-refractivity contribution in [2.75, 3.05) is 13.1 Å². The fourth-order valence-corrected chi connectivity index (χ4v) is 3.29. The maximum atomic E-state index is 6.00. The standard InChI is InChI=1S/C15H32N2/c1-5-6-7-8-15(10-16)17-11-12(2)9-13(3)14(17)4/h12-15H,5-11,16H2,1-4H3. The van der Waals surface area contributed by atoms with Crippen LogP contribution in [0.3, 0.4) is 0 Å². The van der Waals surface area contributed by atoms with Gasteiger partial charge in [0.05, 0.1) is 0 Å². The third kappa shape index (κ3) is 4.26. The number of likely N-dealkylation sites (tertiary alicyclic amines) is 1. The molecule has 0 spiro atoms. The molecule has 102 valence electrons. The second-order valence-electron chi connectivity index (χ2n) is 6.14. The lowest BCUT2D eigenvalue weighted by molar-refractivity contribution is 0.0390. The predicted octanol–water partition coefficient (Wildman–Crippen LogP) is 3.26. The largest absolute Gasteiger partial charge is 0.329 e. The Kier molecular flexibility index (Phi) is 6.50. The molecule has 1 saturated heterocycles. The van der Waals surface area contributed by atoms with Crippen molar-refractivity contribution in [3.63, 3.8) is 0 Å². The van der Waals surface area contributed by atoms with E-state index in [2.05, 4.69) is 32.6 Å². The smallest absolute Gasteiger partial charge is 0.0221 e. The van der Waals surface area contributed by atoms with E-state index in [0.29, 0.717) is 12.1 Å². The number of piperidine rings is 1. The average molecular weight is 240 g/mol. The van der Waals surface area contributed by atoms with Gasteiger partial charge in [0.25, 0.3) is 0 Å². The van der Waals surface area contributed by atoms with Crippen LogP contribution >= 0.6 is 0 Å². The van der Waals surface area contributed by atoms with Crippen molar-refractivity contribution in [3.05, 3.63) is 0 Å². The van der Waals surface area contributed by atoms with Gasteiger partial charge in [-0.05, 0) is 31.6 Å². The lowest BCUT2D eigenvalue weighted by Crippen LogP contribution is -2.53. The number of hydrogen-bond acceptors (Lipinski definition) is 2. The summed E-state index contributed by atoms with van der Waals surface area (Å²) in [6, 6.07) is 1.32. The number of nitrogens with zero attached hydrogens (tertiary/aromatic N) is 1. The van der Waals surface area contributed by atoms with Crippen molar-refractivity contribution >= 4 is 0 Å². The molecule has 0 aromatic heterocycles. The first-order valence-corrected chi connectivity index (χ1v) is 7.55. The molecular formula is C15H32N2. The first-order chi connectivity index (χ1) is 8.10. The van der Waals surface area contributed by atoms with Crippen LogP contribution in [0.5, 0.6) is 0 Å². The molecule has 17 heavy (non-hydrogen) atoms. The zero-order chi connectivity index (χ0) is 12.8. The van der Waals surface area contributed by atoms with Crippen LogP contribution < -0.4 is 5.73 Å². The highest BCUT2D eigenvalue weighted by atomic mass is 15.2. The SMILES string of the molecule is CCCCCC(CN)N1CC(C)CC(C)C1C. The van der Waals surface area contributed by atoms with Gasteiger partial charge in [0, 0.05) is 25.2 Å². The molecule has 4 unspecified atom stereocenters.